The topological polar surface area (TPSA) is 72.4 Å². The van der Waals surface area contributed by atoms with Gasteiger partial charge < -0.3 is 19.6 Å². The number of hydrogen-bond donors (Lipinski definition) is 1. The van der Waals surface area contributed by atoms with Gasteiger partial charge in [0.05, 0.1) is 26.0 Å². The van der Waals surface area contributed by atoms with E-state index in [0.717, 1.165) is 56.3 Å². The molecule has 2 heterocycles. The largest absolute Gasteiger partial charge is 0.496 e. The Morgan fingerprint density at radius 1 is 1.36 bits per heavy atom. The number of morpholine rings is 1. The van der Waals surface area contributed by atoms with Crippen LogP contribution in [0.4, 0.5) is 0 Å². The zero-order valence-electron chi connectivity index (χ0n) is 14.6. The van der Waals surface area contributed by atoms with Crippen molar-refractivity contribution in [3.8, 4) is 5.75 Å². The lowest BCUT2D eigenvalue weighted by molar-refractivity contribution is -0.131. The van der Waals surface area contributed by atoms with E-state index in [2.05, 4.69) is 15.4 Å². The highest BCUT2D eigenvalue weighted by atomic mass is 16.6. The van der Waals surface area contributed by atoms with Crippen LogP contribution in [0.3, 0.4) is 0 Å². The normalized spacial score (nSPS) is 20.7. The molecule has 0 aliphatic carbocycles. The van der Waals surface area contributed by atoms with Crippen molar-refractivity contribution in [2.45, 2.75) is 18.9 Å². The first kappa shape index (κ1) is 17.7. The Hall–Kier alpha value is -2.12. The average Bonchev–Trinajstić information content (AvgIpc) is 3.16. The number of ether oxygens (including phenoxy) is 2. The Morgan fingerprint density at radius 3 is 2.96 bits per heavy atom. The summed E-state index contributed by atoms with van der Waals surface area (Å²) in [5.41, 5.74) is 1.61. The highest BCUT2D eigenvalue weighted by Gasteiger charge is 2.29. The molecule has 1 aromatic carbocycles. The minimum atomic E-state index is -0.566. The molecular weight excluding hydrogens is 322 g/mol. The van der Waals surface area contributed by atoms with Crippen LogP contribution in [0, 0.1) is 0 Å². The number of carbonyl (C=O) groups excluding carboxylic acids is 1. The predicted octanol–water partition coefficient (Wildman–Crippen LogP) is 1.03. The van der Waals surface area contributed by atoms with Crippen molar-refractivity contribution >= 4 is 11.6 Å². The Bertz CT molecular complexity index is 614. The molecule has 1 fully saturated rings. The molecule has 1 aromatic rings. The molecular formula is C18H25N3O4. The summed E-state index contributed by atoms with van der Waals surface area (Å²) in [6.07, 6.45) is 0.803. The Morgan fingerprint density at radius 2 is 2.16 bits per heavy atom. The van der Waals surface area contributed by atoms with Gasteiger partial charge in [-0.3, -0.25) is 9.69 Å². The summed E-state index contributed by atoms with van der Waals surface area (Å²) in [5.74, 6) is 0.618. The van der Waals surface area contributed by atoms with Crippen LogP contribution >= 0.6 is 0 Å². The van der Waals surface area contributed by atoms with Gasteiger partial charge in [0, 0.05) is 31.6 Å². The number of methoxy groups -OCH3 is 1. The summed E-state index contributed by atoms with van der Waals surface area (Å²) in [6, 6.07) is 7.61. The molecule has 1 N–H and O–H groups in total. The summed E-state index contributed by atoms with van der Waals surface area (Å²) in [6.45, 7) is 5.14. The van der Waals surface area contributed by atoms with Crippen molar-refractivity contribution in [2.24, 2.45) is 5.16 Å². The van der Waals surface area contributed by atoms with Crippen LogP contribution in [0.25, 0.3) is 0 Å². The lowest BCUT2D eigenvalue weighted by atomic mass is 10.0. The van der Waals surface area contributed by atoms with Crippen LogP contribution in [0.1, 0.15) is 18.4 Å². The fraction of sp³-hybridized carbons (Fsp3) is 0.556. The van der Waals surface area contributed by atoms with Crippen LogP contribution in [0.5, 0.6) is 5.75 Å². The first-order valence-corrected chi connectivity index (χ1v) is 8.72. The van der Waals surface area contributed by atoms with E-state index >= 15 is 0 Å². The number of oxime groups is 1. The maximum absolute atomic E-state index is 12.3. The smallest absolute Gasteiger partial charge is 0.264 e. The molecule has 1 unspecified atom stereocenters. The zero-order valence-corrected chi connectivity index (χ0v) is 14.6. The van der Waals surface area contributed by atoms with Crippen molar-refractivity contribution in [2.75, 3.05) is 46.5 Å². The van der Waals surface area contributed by atoms with Crippen LogP contribution < -0.4 is 10.1 Å². The maximum Gasteiger partial charge on any atom is 0.264 e. The van der Waals surface area contributed by atoms with Gasteiger partial charge in [0.15, 0.2) is 0 Å². The van der Waals surface area contributed by atoms with Crippen LogP contribution in [0.15, 0.2) is 29.4 Å². The highest BCUT2D eigenvalue weighted by Crippen LogP contribution is 2.24. The summed E-state index contributed by atoms with van der Waals surface area (Å²) in [4.78, 5) is 19.9. The van der Waals surface area contributed by atoms with E-state index in [1.807, 2.05) is 24.3 Å². The number of benzene rings is 1. The number of carbonyl (C=O) groups is 1. The van der Waals surface area contributed by atoms with E-state index < -0.39 is 6.10 Å². The second kappa shape index (κ2) is 8.82. The first-order chi connectivity index (χ1) is 12.3. The lowest BCUT2D eigenvalue weighted by Crippen LogP contribution is -2.39. The van der Waals surface area contributed by atoms with E-state index in [4.69, 9.17) is 14.3 Å². The average molecular weight is 347 g/mol. The van der Waals surface area contributed by atoms with E-state index in [1.54, 1.807) is 7.11 Å². The quantitative estimate of drug-likeness (QED) is 0.746. The first-order valence-electron chi connectivity index (χ1n) is 8.72. The Labute approximate surface area is 147 Å². The lowest BCUT2D eigenvalue weighted by Gasteiger charge is -2.26. The Balaban J connectivity index is 1.41. The molecule has 2 aliphatic heterocycles. The standard InChI is InChI=1S/C18H25N3O4/c1-23-16-6-3-2-5-14(16)15-13-17(25-20-15)18(22)19-7-4-8-21-9-11-24-12-10-21/h2-3,5-6,17H,4,7-13H2,1H3,(H,19,22). The fourth-order valence-electron chi connectivity index (χ4n) is 3.01. The second-order valence-corrected chi connectivity index (χ2v) is 6.14. The monoisotopic (exact) mass is 347 g/mol. The van der Waals surface area contributed by atoms with Crippen molar-refractivity contribution in [3.05, 3.63) is 29.8 Å². The highest BCUT2D eigenvalue weighted by molar-refractivity contribution is 6.05. The molecule has 2 aliphatic rings. The summed E-state index contributed by atoms with van der Waals surface area (Å²) in [5, 5.41) is 7.01. The van der Waals surface area contributed by atoms with Gasteiger partial charge in [-0.05, 0) is 25.1 Å². The molecule has 0 bridgehead atoms. The van der Waals surface area contributed by atoms with Crippen molar-refractivity contribution in [3.63, 3.8) is 0 Å². The molecule has 7 heteroatoms. The molecule has 3 rings (SSSR count). The van der Waals surface area contributed by atoms with Crippen molar-refractivity contribution in [1.82, 2.24) is 10.2 Å². The molecule has 1 saturated heterocycles. The molecule has 1 atom stereocenters. The van der Waals surface area contributed by atoms with Crippen molar-refractivity contribution in [1.29, 1.82) is 0 Å². The number of amides is 1. The van der Waals surface area contributed by atoms with E-state index in [0.29, 0.717) is 13.0 Å². The predicted molar refractivity (Wildman–Crippen MR) is 93.9 cm³/mol. The van der Waals surface area contributed by atoms with E-state index in [9.17, 15) is 4.79 Å². The summed E-state index contributed by atoms with van der Waals surface area (Å²) in [7, 11) is 1.62. The third kappa shape index (κ3) is 4.70. The number of rotatable bonds is 7. The fourth-order valence-corrected chi connectivity index (χ4v) is 3.01. The maximum atomic E-state index is 12.3. The zero-order chi connectivity index (χ0) is 17.5. The van der Waals surface area contributed by atoms with Crippen LogP contribution in [-0.4, -0.2) is 69.1 Å². The summed E-state index contributed by atoms with van der Waals surface area (Å²) < 4.78 is 10.7. The molecule has 0 aromatic heterocycles. The van der Waals surface area contributed by atoms with Crippen LogP contribution in [-0.2, 0) is 14.4 Å². The molecule has 0 spiro atoms. The molecule has 0 saturated carbocycles. The molecule has 0 radical (unpaired) electrons. The number of hydrogen-bond acceptors (Lipinski definition) is 6. The van der Waals surface area contributed by atoms with E-state index in [-0.39, 0.29) is 5.91 Å². The van der Waals surface area contributed by atoms with Gasteiger partial charge in [-0.25, -0.2) is 0 Å². The molecule has 1 amide bonds. The third-order valence-corrected chi connectivity index (χ3v) is 4.43. The van der Waals surface area contributed by atoms with Crippen molar-refractivity contribution < 1.29 is 19.1 Å². The minimum absolute atomic E-state index is 0.115. The number of nitrogens with zero attached hydrogens (tertiary/aromatic N) is 2. The second-order valence-electron chi connectivity index (χ2n) is 6.14. The Kier molecular flexibility index (Phi) is 6.25. The van der Waals surface area contributed by atoms with Gasteiger partial charge in [0.25, 0.3) is 5.91 Å². The van der Waals surface area contributed by atoms with Gasteiger partial charge >= 0.3 is 0 Å². The summed E-state index contributed by atoms with van der Waals surface area (Å²) >= 11 is 0. The molecule has 25 heavy (non-hydrogen) atoms. The molecule has 136 valence electrons. The van der Waals surface area contributed by atoms with Crippen LogP contribution in [0.2, 0.25) is 0 Å². The number of para-hydroxylation sites is 1. The minimum Gasteiger partial charge on any atom is -0.496 e. The van der Waals surface area contributed by atoms with Gasteiger partial charge in [0.1, 0.15) is 5.75 Å². The molecule has 7 nitrogen and oxygen atoms in total. The van der Waals surface area contributed by atoms with Gasteiger partial charge in [0.2, 0.25) is 6.10 Å². The SMILES string of the molecule is COc1ccccc1C1=NOC(C(=O)NCCCN2CCOCC2)C1. The van der Waals surface area contributed by atoms with E-state index in [1.165, 1.54) is 0 Å². The van der Waals surface area contributed by atoms with Gasteiger partial charge in [-0.15, -0.1) is 0 Å². The van der Waals surface area contributed by atoms with Gasteiger partial charge in [-0.1, -0.05) is 17.3 Å². The van der Waals surface area contributed by atoms with Gasteiger partial charge in [-0.2, -0.15) is 0 Å². The third-order valence-electron chi connectivity index (χ3n) is 4.43. The number of nitrogens with one attached hydrogen (secondary N) is 1.